The van der Waals surface area contributed by atoms with E-state index in [1.54, 1.807) is 6.20 Å². The summed E-state index contributed by atoms with van der Waals surface area (Å²) in [6.07, 6.45) is 7.23. The number of imidazole rings is 1. The minimum atomic E-state index is 0.228. The van der Waals surface area contributed by atoms with E-state index < -0.39 is 0 Å². The minimum Gasteiger partial charge on any atom is -0.377 e. The van der Waals surface area contributed by atoms with Gasteiger partial charge in [0.1, 0.15) is 0 Å². The van der Waals surface area contributed by atoms with Crippen LogP contribution >= 0.6 is 0 Å². The maximum atomic E-state index is 5.89. The summed E-state index contributed by atoms with van der Waals surface area (Å²) in [5.41, 5.74) is 2.70. The summed E-state index contributed by atoms with van der Waals surface area (Å²) in [6, 6.07) is 9.62. The van der Waals surface area contributed by atoms with E-state index in [1.807, 2.05) is 17.1 Å². The van der Waals surface area contributed by atoms with Crippen molar-refractivity contribution in [3.63, 3.8) is 0 Å². The molecule has 2 heterocycles. The van der Waals surface area contributed by atoms with E-state index >= 15 is 0 Å². The van der Waals surface area contributed by atoms with Gasteiger partial charge in [-0.15, -0.1) is 0 Å². The SMILES string of the molecule is C[C@H](N[C@@H]1[C@@H]2CCO[C@H]2C1(C)C)c1ccc(-n2ccnc2)cc1. The molecule has 1 aromatic carbocycles. The number of rotatable bonds is 4. The molecular formula is C19H25N3O. The molecule has 4 heteroatoms. The van der Waals surface area contributed by atoms with Gasteiger partial charge in [0.05, 0.1) is 12.4 Å². The number of aromatic nitrogens is 2. The quantitative estimate of drug-likeness (QED) is 0.941. The van der Waals surface area contributed by atoms with Crippen molar-refractivity contribution in [3.8, 4) is 5.69 Å². The molecular weight excluding hydrogens is 286 g/mol. The third-order valence-corrected chi connectivity index (χ3v) is 5.73. The van der Waals surface area contributed by atoms with Gasteiger partial charge in [-0.05, 0) is 31.0 Å². The minimum absolute atomic E-state index is 0.228. The van der Waals surface area contributed by atoms with Crippen molar-refractivity contribution >= 4 is 0 Å². The van der Waals surface area contributed by atoms with Gasteiger partial charge in [0.25, 0.3) is 0 Å². The normalized spacial score (nSPS) is 29.8. The molecule has 0 unspecified atom stereocenters. The first-order valence-corrected chi connectivity index (χ1v) is 8.53. The lowest BCUT2D eigenvalue weighted by molar-refractivity contribution is -0.115. The maximum Gasteiger partial charge on any atom is 0.0991 e. The Kier molecular flexibility index (Phi) is 3.54. The average molecular weight is 311 g/mol. The summed E-state index contributed by atoms with van der Waals surface area (Å²) in [5.74, 6) is 0.678. The second kappa shape index (κ2) is 5.46. The van der Waals surface area contributed by atoms with E-state index in [0.717, 1.165) is 12.3 Å². The molecule has 2 aliphatic rings. The van der Waals surface area contributed by atoms with Gasteiger partial charge in [-0.3, -0.25) is 0 Å². The van der Waals surface area contributed by atoms with E-state index in [0.29, 0.717) is 24.1 Å². The summed E-state index contributed by atoms with van der Waals surface area (Å²) >= 11 is 0. The zero-order chi connectivity index (χ0) is 16.0. The Morgan fingerprint density at radius 2 is 2.09 bits per heavy atom. The lowest BCUT2D eigenvalue weighted by atomic mass is 9.57. The Labute approximate surface area is 137 Å². The van der Waals surface area contributed by atoms with E-state index in [-0.39, 0.29) is 5.41 Å². The molecule has 1 aliphatic heterocycles. The van der Waals surface area contributed by atoms with Crippen molar-refractivity contribution in [1.29, 1.82) is 0 Å². The Hall–Kier alpha value is -1.65. The van der Waals surface area contributed by atoms with Crippen LogP contribution in [0.1, 0.15) is 38.8 Å². The Morgan fingerprint density at radius 1 is 1.30 bits per heavy atom. The first-order valence-electron chi connectivity index (χ1n) is 8.53. The van der Waals surface area contributed by atoms with Gasteiger partial charge in [0, 0.05) is 48.1 Å². The molecule has 0 radical (unpaired) electrons. The van der Waals surface area contributed by atoms with Gasteiger partial charge < -0.3 is 14.6 Å². The first-order chi connectivity index (χ1) is 11.1. The van der Waals surface area contributed by atoms with Crippen molar-refractivity contribution in [2.24, 2.45) is 11.3 Å². The second-order valence-corrected chi connectivity index (χ2v) is 7.49. The van der Waals surface area contributed by atoms with Gasteiger partial charge in [-0.2, -0.15) is 0 Å². The predicted octanol–water partition coefficient (Wildman–Crippen LogP) is 3.34. The van der Waals surface area contributed by atoms with Crippen LogP contribution in [0.5, 0.6) is 0 Å². The third kappa shape index (κ3) is 2.41. The fourth-order valence-electron chi connectivity index (χ4n) is 4.38. The van der Waals surface area contributed by atoms with Crippen LogP contribution in [0, 0.1) is 11.3 Å². The molecule has 0 spiro atoms. The molecule has 1 N–H and O–H groups in total. The lowest BCUT2D eigenvalue weighted by Gasteiger charge is -2.55. The van der Waals surface area contributed by atoms with Crippen LogP contribution in [0.3, 0.4) is 0 Å². The van der Waals surface area contributed by atoms with Crippen molar-refractivity contribution in [3.05, 3.63) is 48.5 Å². The number of hydrogen-bond acceptors (Lipinski definition) is 3. The maximum absolute atomic E-state index is 5.89. The number of fused-ring (bicyclic) bond motifs is 1. The largest absolute Gasteiger partial charge is 0.377 e. The molecule has 4 atom stereocenters. The van der Waals surface area contributed by atoms with Gasteiger partial charge >= 0.3 is 0 Å². The number of benzene rings is 1. The van der Waals surface area contributed by atoms with Crippen LogP contribution in [0.4, 0.5) is 0 Å². The molecule has 1 saturated carbocycles. The van der Waals surface area contributed by atoms with Crippen LogP contribution in [-0.2, 0) is 4.74 Å². The summed E-state index contributed by atoms with van der Waals surface area (Å²) in [6.45, 7) is 7.83. The molecule has 2 aromatic rings. The molecule has 23 heavy (non-hydrogen) atoms. The van der Waals surface area contributed by atoms with Crippen molar-refractivity contribution in [2.75, 3.05) is 6.61 Å². The molecule has 122 valence electrons. The summed E-state index contributed by atoms with van der Waals surface area (Å²) in [4.78, 5) is 4.10. The van der Waals surface area contributed by atoms with Crippen LogP contribution in [-0.4, -0.2) is 28.3 Å². The van der Waals surface area contributed by atoms with Crippen molar-refractivity contribution in [1.82, 2.24) is 14.9 Å². The number of nitrogens with zero attached hydrogens (tertiary/aromatic N) is 2. The highest BCUT2D eigenvalue weighted by Gasteiger charge is 2.59. The standard InChI is InChI=1S/C19H25N3O/c1-13(21-17-16-8-11-23-18(16)19(17,2)3)14-4-6-15(7-5-14)22-10-9-20-12-22/h4-7,9-10,12-13,16-18,21H,8,11H2,1-3H3/t13-,16-,17+,18+/m0/s1. The number of nitrogens with one attached hydrogen (secondary N) is 1. The summed E-state index contributed by atoms with van der Waals surface area (Å²) < 4.78 is 7.92. The van der Waals surface area contributed by atoms with E-state index in [1.165, 1.54) is 12.0 Å². The topological polar surface area (TPSA) is 39.1 Å². The fraction of sp³-hybridized carbons (Fsp3) is 0.526. The van der Waals surface area contributed by atoms with Crippen LogP contribution in [0.15, 0.2) is 43.0 Å². The van der Waals surface area contributed by atoms with Gasteiger partial charge in [0.15, 0.2) is 0 Å². The second-order valence-electron chi connectivity index (χ2n) is 7.49. The smallest absolute Gasteiger partial charge is 0.0991 e. The van der Waals surface area contributed by atoms with Gasteiger partial charge in [-0.25, -0.2) is 4.98 Å². The van der Waals surface area contributed by atoms with Crippen molar-refractivity contribution in [2.45, 2.75) is 45.4 Å². The van der Waals surface area contributed by atoms with Crippen LogP contribution in [0.2, 0.25) is 0 Å². The molecule has 0 amide bonds. The van der Waals surface area contributed by atoms with Gasteiger partial charge in [-0.1, -0.05) is 26.0 Å². The summed E-state index contributed by atoms with van der Waals surface area (Å²) in [5, 5.41) is 3.85. The first kappa shape index (κ1) is 14.9. The number of ether oxygens (including phenoxy) is 1. The zero-order valence-corrected chi connectivity index (χ0v) is 14.1. The third-order valence-electron chi connectivity index (χ3n) is 5.73. The van der Waals surface area contributed by atoms with Crippen molar-refractivity contribution < 1.29 is 4.74 Å². The highest BCUT2D eigenvalue weighted by molar-refractivity contribution is 5.35. The Bertz CT molecular complexity index is 662. The molecule has 1 aliphatic carbocycles. The van der Waals surface area contributed by atoms with E-state index in [4.69, 9.17) is 4.74 Å². The molecule has 4 nitrogen and oxygen atoms in total. The predicted molar refractivity (Wildman–Crippen MR) is 90.5 cm³/mol. The molecule has 4 rings (SSSR count). The number of hydrogen-bond donors (Lipinski definition) is 1. The Morgan fingerprint density at radius 3 is 2.78 bits per heavy atom. The Balaban J connectivity index is 1.46. The molecule has 2 fully saturated rings. The monoisotopic (exact) mass is 311 g/mol. The molecule has 0 bridgehead atoms. The van der Waals surface area contributed by atoms with E-state index in [2.05, 4.69) is 55.3 Å². The van der Waals surface area contributed by atoms with E-state index in [9.17, 15) is 0 Å². The fourth-order valence-corrected chi connectivity index (χ4v) is 4.38. The van der Waals surface area contributed by atoms with Crippen LogP contribution < -0.4 is 5.32 Å². The molecule has 1 saturated heterocycles. The summed E-state index contributed by atoms with van der Waals surface area (Å²) in [7, 11) is 0. The lowest BCUT2D eigenvalue weighted by Crippen LogP contribution is -2.66. The zero-order valence-electron chi connectivity index (χ0n) is 14.1. The molecule has 1 aromatic heterocycles. The highest BCUT2D eigenvalue weighted by Crippen LogP contribution is 2.52. The van der Waals surface area contributed by atoms with Crippen LogP contribution in [0.25, 0.3) is 5.69 Å². The van der Waals surface area contributed by atoms with Gasteiger partial charge in [0.2, 0.25) is 0 Å². The highest BCUT2D eigenvalue weighted by atomic mass is 16.5. The average Bonchev–Trinajstić information content (AvgIpc) is 3.23.